The zero-order valence-corrected chi connectivity index (χ0v) is 14.3. The van der Waals surface area contributed by atoms with Gasteiger partial charge in [0.25, 0.3) is 0 Å². The zero-order chi connectivity index (χ0) is 16.1. The molecule has 3 rings (SSSR count). The third-order valence-corrected chi connectivity index (χ3v) is 4.94. The molecule has 1 amide bonds. The van der Waals surface area contributed by atoms with Crippen LogP contribution in [0.2, 0.25) is 0 Å². The van der Waals surface area contributed by atoms with E-state index in [0.29, 0.717) is 5.13 Å². The first-order chi connectivity index (χ1) is 11.2. The van der Waals surface area contributed by atoms with E-state index in [1.54, 1.807) is 17.4 Å². The van der Waals surface area contributed by atoms with Gasteiger partial charge in [0.15, 0.2) is 5.13 Å². The Bertz CT molecular complexity index is 819. The number of anilines is 1. The van der Waals surface area contributed by atoms with Gasteiger partial charge in [-0.15, -0.1) is 22.7 Å². The normalized spacial score (nSPS) is 11.0. The Morgan fingerprint density at radius 1 is 1.30 bits per heavy atom. The Balaban J connectivity index is 1.59. The summed E-state index contributed by atoms with van der Waals surface area (Å²) < 4.78 is 0. The maximum Gasteiger partial charge on any atom is 0.250 e. The molecule has 0 fully saturated rings. The Morgan fingerprint density at radius 3 is 3.00 bits per heavy atom. The number of thiazole rings is 1. The van der Waals surface area contributed by atoms with E-state index in [2.05, 4.69) is 41.5 Å². The fraction of sp³-hybridized carbons (Fsp3) is 0.111. The number of carbonyl (C=O) groups excluding carboxylic acids is 1. The Labute approximate surface area is 143 Å². The average Bonchev–Trinajstić information content (AvgIpc) is 3.17. The molecule has 0 atom stereocenters. The molecule has 0 bridgehead atoms. The summed E-state index contributed by atoms with van der Waals surface area (Å²) >= 11 is 3.11. The number of carbonyl (C=O) groups is 1. The summed E-state index contributed by atoms with van der Waals surface area (Å²) in [6.07, 6.45) is 6.00. The minimum atomic E-state index is -0.158. The van der Waals surface area contributed by atoms with Crippen LogP contribution in [0.1, 0.15) is 20.9 Å². The highest BCUT2D eigenvalue weighted by atomic mass is 32.1. The van der Waals surface area contributed by atoms with Crippen LogP contribution in [0.15, 0.2) is 54.1 Å². The van der Waals surface area contributed by atoms with Crippen LogP contribution in [0.3, 0.4) is 0 Å². The van der Waals surface area contributed by atoms with Gasteiger partial charge in [0, 0.05) is 28.4 Å². The lowest BCUT2D eigenvalue weighted by Crippen LogP contribution is -2.06. The van der Waals surface area contributed by atoms with Crippen molar-refractivity contribution in [1.29, 1.82) is 0 Å². The topological polar surface area (TPSA) is 42.0 Å². The summed E-state index contributed by atoms with van der Waals surface area (Å²) in [5.41, 5.74) is 2.50. The standard InChI is InChI=1S/C18H16N2OS2/c1-13-4-2-5-14(10-13)11-16-12-19-18(23-16)20-17(21)8-7-15-6-3-9-22-15/h2-10,12H,11H2,1H3,(H,19,20,21). The van der Waals surface area contributed by atoms with Crippen LogP contribution >= 0.6 is 22.7 Å². The lowest BCUT2D eigenvalue weighted by Gasteiger charge is -1.99. The number of aryl methyl sites for hydroxylation is 1. The van der Waals surface area contributed by atoms with Crippen LogP contribution < -0.4 is 5.32 Å². The molecule has 0 saturated carbocycles. The molecular formula is C18H16N2OS2. The number of amides is 1. The van der Waals surface area contributed by atoms with Crippen molar-refractivity contribution in [2.24, 2.45) is 0 Å². The van der Waals surface area contributed by atoms with Crippen LogP contribution in [0, 0.1) is 6.92 Å². The summed E-state index contributed by atoms with van der Waals surface area (Å²) in [6.45, 7) is 2.09. The van der Waals surface area contributed by atoms with E-state index >= 15 is 0 Å². The summed E-state index contributed by atoms with van der Waals surface area (Å²) in [7, 11) is 0. The second kappa shape index (κ2) is 7.35. The van der Waals surface area contributed by atoms with Gasteiger partial charge in [-0.05, 0) is 30.0 Å². The molecule has 1 aromatic carbocycles. The molecule has 2 aromatic heterocycles. The molecule has 5 heteroatoms. The number of nitrogens with zero attached hydrogens (tertiary/aromatic N) is 1. The molecule has 0 unspecified atom stereocenters. The van der Waals surface area contributed by atoms with E-state index in [0.717, 1.165) is 16.2 Å². The molecular weight excluding hydrogens is 324 g/mol. The van der Waals surface area contributed by atoms with Crippen LogP contribution in [-0.2, 0) is 11.2 Å². The predicted molar refractivity (Wildman–Crippen MR) is 98.1 cm³/mol. The molecule has 23 heavy (non-hydrogen) atoms. The number of rotatable bonds is 5. The quantitative estimate of drug-likeness (QED) is 0.681. The van der Waals surface area contributed by atoms with Crippen LogP contribution in [-0.4, -0.2) is 10.9 Å². The molecule has 0 aliphatic rings. The van der Waals surface area contributed by atoms with Crippen molar-refractivity contribution >= 4 is 39.8 Å². The highest BCUT2D eigenvalue weighted by Crippen LogP contribution is 2.21. The largest absolute Gasteiger partial charge is 0.298 e. The first kappa shape index (κ1) is 15.6. The van der Waals surface area contributed by atoms with E-state index in [1.807, 2.05) is 23.7 Å². The van der Waals surface area contributed by atoms with Crippen molar-refractivity contribution in [2.75, 3.05) is 5.32 Å². The lowest BCUT2D eigenvalue weighted by atomic mass is 10.1. The van der Waals surface area contributed by atoms with E-state index in [-0.39, 0.29) is 5.91 Å². The van der Waals surface area contributed by atoms with Crippen LogP contribution in [0.5, 0.6) is 0 Å². The van der Waals surface area contributed by atoms with Crippen LogP contribution in [0.25, 0.3) is 6.08 Å². The van der Waals surface area contributed by atoms with Crippen molar-refractivity contribution in [3.05, 3.63) is 74.9 Å². The van der Waals surface area contributed by atoms with Gasteiger partial charge in [-0.3, -0.25) is 10.1 Å². The van der Waals surface area contributed by atoms with E-state index in [9.17, 15) is 4.79 Å². The summed E-state index contributed by atoms with van der Waals surface area (Å²) in [5.74, 6) is -0.158. The smallest absolute Gasteiger partial charge is 0.250 e. The van der Waals surface area contributed by atoms with Gasteiger partial charge in [-0.1, -0.05) is 35.9 Å². The average molecular weight is 340 g/mol. The third-order valence-electron chi connectivity index (χ3n) is 3.19. The van der Waals surface area contributed by atoms with Crippen molar-refractivity contribution in [2.45, 2.75) is 13.3 Å². The van der Waals surface area contributed by atoms with Crippen molar-refractivity contribution in [3.63, 3.8) is 0 Å². The Kier molecular flexibility index (Phi) is 5.00. The number of thiophene rings is 1. The fourth-order valence-electron chi connectivity index (χ4n) is 2.16. The molecule has 0 spiro atoms. The number of nitrogens with one attached hydrogen (secondary N) is 1. The number of aromatic nitrogens is 1. The first-order valence-corrected chi connectivity index (χ1v) is 8.91. The number of benzene rings is 1. The molecule has 1 N–H and O–H groups in total. The van der Waals surface area contributed by atoms with Gasteiger partial charge in [-0.2, -0.15) is 0 Å². The highest BCUT2D eigenvalue weighted by Gasteiger charge is 2.05. The maximum atomic E-state index is 11.9. The summed E-state index contributed by atoms with van der Waals surface area (Å²) in [6, 6.07) is 12.3. The maximum absolute atomic E-state index is 11.9. The lowest BCUT2D eigenvalue weighted by molar-refractivity contribution is -0.111. The second-order valence-corrected chi connectivity index (χ2v) is 7.23. The van der Waals surface area contributed by atoms with Gasteiger partial charge in [-0.25, -0.2) is 4.98 Å². The van der Waals surface area contributed by atoms with E-state index in [4.69, 9.17) is 0 Å². The SMILES string of the molecule is Cc1cccc(Cc2cnc(NC(=O)C=Cc3cccs3)s2)c1. The van der Waals surface area contributed by atoms with Crippen molar-refractivity contribution < 1.29 is 4.79 Å². The molecule has 0 radical (unpaired) electrons. The monoisotopic (exact) mass is 340 g/mol. The van der Waals surface area contributed by atoms with Crippen molar-refractivity contribution in [3.8, 4) is 0 Å². The van der Waals surface area contributed by atoms with Gasteiger partial charge in [0.2, 0.25) is 5.91 Å². The molecule has 116 valence electrons. The van der Waals surface area contributed by atoms with Gasteiger partial charge in [0.1, 0.15) is 0 Å². The fourth-order valence-corrected chi connectivity index (χ4v) is 3.63. The molecule has 0 saturated heterocycles. The number of hydrogen-bond donors (Lipinski definition) is 1. The summed E-state index contributed by atoms with van der Waals surface area (Å²) in [5, 5.41) is 5.42. The van der Waals surface area contributed by atoms with E-state index < -0.39 is 0 Å². The van der Waals surface area contributed by atoms with E-state index in [1.165, 1.54) is 28.5 Å². The first-order valence-electron chi connectivity index (χ1n) is 7.22. The number of hydrogen-bond acceptors (Lipinski definition) is 4. The molecule has 2 heterocycles. The second-order valence-electron chi connectivity index (χ2n) is 5.14. The van der Waals surface area contributed by atoms with Gasteiger partial charge < -0.3 is 0 Å². The Hall–Kier alpha value is -2.24. The van der Waals surface area contributed by atoms with Gasteiger partial charge in [0.05, 0.1) is 0 Å². The van der Waals surface area contributed by atoms with Crippen LogP contribution in [0.4, 0.5) is 5.13 Å². The zero-order valence-electron chi connectivity index (χ0n) is 12.7. The summed E-state index contributed by atoms with van der Waals surface area (Å²) in [4.78, 5) is 18.4. The Morgan fingerprint density at radius 2 is 2.22 bits per heavy atom. The molecule has 0 aliphatic heterocycles. The molecule has 0 aliphatic carbocycles. The highest BCUT2D eigenvalue weighted by molar-refractivity contribution is 7.15. The minimum Gasteiger partial charge on any atom is -0.298 e. The third kappa shape index (κ3) is 4.61. The molecule has 3 nitrogen and oxygen atoms in total. The minimum absolute atomic E-state index is 0.158. The van der Waals surface area contributed by atoms with Gasteiger partial charge >= 0.3 is 0 Å². The predicted octanol–water partition coefficient (Wildman–Crippen LogP) is 4.76. The molecule has 3 aromatic rings. The van der Waals surface area contributed by atoms with Crippen molar-refractivity contribution in [1.82, 2.24) is 4.98 Å².